The average Bonchev–Trinajstić information content (AvgIpc) is 2.59. The molecule has 0 aromatic heterocycles. The highest BCUT2D eigenvalue weighted by molar-refractivity contribution is 5.08. The zero-order valence-electron chi connectivity index (χ0n) is 8.64. The molecule has 1 aliphatic carbocycles. The highest BCUT2D eigenvalue weighted by Gasteiger charge is 2.52. The molecule has 1 heterocycles. The number of nitrogens with zero attached hydrogens (tertiary/aromatic N) is 1. The lowest BCUT2D eigenvalue weighted by molar-refractivity contribution is 0.200. The predicted molar refractivity (Wildman–Crippen MR) is 52.2 cm³/mol. The Morgan fingerprint density at radius 1 is 1.42 bits per heavy atom. The van der Waals surface area contributed by atoms with Gasteiger partial charge in [0.2, 0.25) is 0 Å². The van der Waals surface area contributed by atoms with E-state index in [0.29, 0.717) is 5.54 Å². The minimum absolute atomic E-state index is 0.665. The van der Waals surface area contributed by atoms with Gasteiger partial charge in [0, 0.05) is 12.1 Å². The van der Waals surface area contributed by atoms with Gasteiger partial charge in [-0.05, 0) is 38.1 Å². The molecule has 1 heteroatoms. The summed E-state index contributed by atoms with van der Waals surface area (Å²) in [6.45, 7) is 6.14. The van der Waals surface area contributed by atoms with E-state index in [9.17, 15) is 0 Å². The Bertz CT molecular complexity index is 178. The van der Waals surface area contributed by atoms with Crippen LogP contribution in [0.1, 0.15) is 39.5 Å². The molecular formula is C11H21N. The molecule has 0 N–H and O–H groups in total. The van der Waals surface area contributed by atoms with E-state index in [1.165, 1.54) is 32.2 Å². The van der Waals surface area contributed by atoms with Crippen LogP contribution in [-0.2, 0) is 0 Å². The van der Waals surface area contributed by atoms with Crippen molar-refractivity contribution >= 4 is 0 Å². The number of likely N-dealkylation sites (N-methyl/N-ethyl adjacent to an activating group) is 1. The van der Waals surface area contributed by atoms with Crippen molar-refractivity contribution in [1.82, 2.24) is 4.90 Å². The predicted octanol–water partition coefficient (Wildman–Crippen LogP) is 2.52. The largest absolute Gasteiger partial charge is 0.298 e. The molecule has 2 aliphatic rings. The Labute approximate surface area is 76.1 Å². The molecule has 1 spiro atoms. The van der Waals surface area contributed by atoms with Crippen molar-refractivity contribution < 1.29 is 0 Å². The van der Waals surface area contributed by atoms with Crippen molar-refractivity contribution in [3.63, 3.8) is 0 Å². The summed E-state index contributed by atoms with van der Waals surface area (Å²) in [6.07, 6.45) is 5.80. The number of rotatable bonds is 1. The Kier molecular flexibility index (Phi) is 1.95. The molecule has 2 rings (SSSR count). The fraction of sp³-hybridized carbons (Fsp3) is 1.00. The second kappa shape index (κ2) is 2.73. The summed E-state index contributed by atoms with van der Waals surface area (Å²) in [7, 11) is 2.28. The average molecular weight is 167 g/mol. The molecule has 1 saturated carbocycles. The quantitative estimate of drug-likeness (QED) is 0.542. The van der Waals surface area contributed by atoms with E-state index in [0.717, 1.165) is 11.8 Å². The lowest BCUT2D eigenvalue weighted by Gasteiger charge is -2.33. The summed E-state index contributed by atoms with van der Waals surface area (Å²) >= 11 is 0. The van der Waals surface area contributed by atoms with Crippen LogP contribution in [-0.4, -0.2) is 24.0 Å². The molecular weight excluding hydrogens is 146 g/mol. The maximum Gasteiger partial charge on any atom is 0.0339 e. The van der Waals surface area contributed by atoms with Crippen LogP contribution in [0, 0.1) is 11.8 Å². The molecule has 12 heavy (non-hydrogen) atoms. The van der Waals surface area contributed by atoms with Crippen molar-refractivity contribution in [3.8, 4) is 0 Å². The fourth-order valence-corrected chi connectivity index (χ4v) is 3.16. The normalized spacial score (nSPS) is 52.8. The number of hydrogen-bond donors (Lipinski definition) is 0. The number of hydrogen-bond acceptors (Lipinski definition) is 1. The summed E-state index contributed by atoms with van der Waals surface area (Å²) in [5, 5.41) is 0. The second-order valence-corrected chi connectivity index (χ2v) is 5.10. The fourth-order valence-electron chi connectivity index (χ4n) is 3.16. The Balaban J connectivity index is 2.00. The van der Waals surface area contributed by atoms with Gasteiger partial charge in [0.05, 0.1) is 0 Å². The van der Waals surface area contributed by atoms with Crippen molar-refractivity contribution in [2.45, 2.75) is 45.1 Å². The van der Waals surface area contributed by atoms with Crippen LogP contribution in [0.4, 0.5) is 0 Å². The topological polar surface area (TPSA) is 3.01 Å². The van der Waals surface area contributed by atoms with Gasteiger partial charge in [-0.1, -0.05) is 20.3 Å². The van der Waals surface area contributed by atoms with Gasteiger partial charge < -0.3 is 0 Å². The van der Waals surface area contributed by atoms with E-state index in [1.807, 2.05) is 0 Å². The van der Waals surface area contributed by atoms with Gasteiger partial charge in [0.1, 0.15) is 0 Å². The lowest BCUT2D eigenvalue weighted by Crippen LogP contribution is -2.30. The van der Waals surface area contributed by atoms with Crippen molar-refractivity contribution in [2.75, 3.05) is 13.6 Å². The van der Waals surface area contributed by atoms with E-state index < -0.39 is 0 Å². The van der Waals surface area contributed by atoms with Crippen molar-refractivity contribution in [2.24, 2.45) is 11.8 Å². The first-order valence-corrected chi connectivity index (χ1v) is 5.37. The Hall–Kier alpha value is -0.0400. The third kappa shape index (κ3) is 1.28. The molecule has 70 valence electrons. The van der Waals surface area contributed by atoms with Gasteiger partial charge in [0.15, 0.2) is 0 Å². The van der Waals surface area contributed by atoms with Gasteiger partial charge in [-0.2, -0.15) is 0 Å². The van der Waals surface area contributed by atoms with E-state index in [2.05, 4.69) is 25.8 Å². The van der Waals surface area contributed by atoms with E-state index in [1.54, 1.807) is 0 Å². The second-order valence-electron chi connectivity index (χ2n) is 5.10. The van der Waals surface area contributed by atoms with E-state index >= 15 is 0 Å². The molecule has 0 bridgehead atoms. The first kappa shape index (κ1) is 8.55. The van der Waals surface area contributed by atoms with Crippen LogP contribution in [0.15, 0.2) is 0 Å². The first-order valence-electron chi connectivity index (χ1n) is 5.37. The van der Waals surface area contributed by atoms with Gasteiger partial charge in [-0.3, -0.25) is 4.90 Å². The van der Waals surface area contributed by atoms with Crippen molar-refractivity contribution in [3.05, 3.63) is 0 Å². The zero-order valence-corrected chi connectivity index (χ0v) is 8.64. The molecule has 1 nitrogen and oxygen atoms in total. The molecule has 0 amide bonds. The van der Waals surface area contributed by atoms with Gasteiger partial charge in [-0.15, -0.1) is 0 Å². The standard InChI is InChI=1S/C11H21N/c1-4-10-5-9(2)6-11(7-10)8-12(11)3/h9-10H,4-8H2,1-3H3. The highest BCUT2D eigenvalue weighted by atomic mass is 15.3. The molecule has 1 aliphatic heterocycles. The van der Waals surface area contributed by atoms with Crippen LogP contribution >= 0.6 is 0 Å². The summed E-state index contributed by atoms with van der Waals surface area (Å²) in [5.41, 5.74) is 0.665. The van der Waals surface area contributed by atoms with Crippen molar-refractivity contribution in [1.29, 1.82) is 0 Å². The SMILES string of the molecule is CCC1CC(C)CC2(C1)CN2C. The monoisotopic (exact) mass is 167 g/mol. The maximum atomic E-state index is 2.55. The zero-order chi connectivity index (χ0) is 8.77. The summed E-state index contributed by atoms with van der Waals surface area (Å²) < 4.78 is 0. The molecule has 1 saturated heterocycles. The first-order chi connectivity index (χ1) is 5.66. The summed E-state index contributed by atoms with van der Waals surface area (Å²) in [6, 6.07) is 0. The van der Waals surface area contributed by atoms with Gasteiger partial charge in [0.25, 0.3) is 0 Å². The van der Waals surface area contributed by atoms with Crippen LogP contribution in [0.25, 0.3) is 0 Å². The van der Waals surface area contributed by atoms with Gasteiger partial charge in [-0.25, -0.2) is 0 Å². The van der Waals surface area contributed by atoms with Crippen LogP contribution < -0.4 is 0 Å². The maximum absolute atomic E-state index is 2.55. The van der Waals surface area contributed by atoms with E-state index in [-0.39, 0.29) is 0 Å². The van der Waals surface area contributed by atoms with E-state index in [4.69, 9.17) is 0 Å². The molecule has 4 unspecified atom stereocenters. The Morgan fingerprint density at radius 2 is 2.08 bits per heavy atom. The molecule has 0 aromatic carbocycles. The third-order valence-corrected chi connectivity index (χ3v) is 3.95. The van der Waals surface area contributed by atoms with Gasteiger partial charge >= 0.3 is 0 Å². The summed E-state index contributed by atoms with van der Waals surface area (Å²) in [4.78, 5) is 2.55. The minimum Gasteiger partial charge on any atom is -0.298 e. The van der Waals surface area contributed by atoms with Crippen LogP contribution in [0.5, 0.6) is 0 Å². The van der Waals surface area contributed by atoms with Crippen LogP contribution in [0.3, 0.4) is 0 Å². The smallest absolute Gasteiger partial charge is 0.0339 e. The molecule has 4 atom stereocenters. The highest BCUT2D eigenvalue weighted by Crippen LogP contribution is 2.48. The minimum atomic E-state index is 0.665. The van der Waals surface area contributed by atoms with Crippen LogP contribution in [0.2, 0.25) is 0 Å². The lowest BCUT2D eigenvalue weighted by atomic mass is 9.74. The molecule has 0 aromatic rings. The Morgan fingerprint density at radius 3 is 2.58 bits per heavy atom. The summed E-state index contributed by atoms with van der Waals surface area (Å²) in [5.74, 6) is 1.98. The molecule has 0 radical (unpaired) electrons. The third-order valence-electron chi connectivity index (χ3n) is 3.95. The molecule has 2 fully saturated rings.